The lowest BCUT2D eigenvalue weighted by Gasteiger charge is -2.41. The Morgan fingerprint density at radius 1 is 0.879 bits per heavy atom. The number of rotatable bonds is 7. The number of aliphatic hydroxyl groups is 1. The standard InChI is InChI=1S/C26H29ClN2O2.ClH.H2O/c1-31-24-12-10-20(11-13-24)19-28-14-16-29(17-15-28)25(21-6-3-2-4-7-21)26(30)22-8-5-9-23(27)18-22;;/h2-13,18,25-26,30H,14-17,19H2,1H3;1H;1H2. The first-order chi connectivity index (χ1) is 15.1. The van der Waals surface area contributed by atoms with Crippen molar-refractivity contribution in [1.29, 1.82) is 0 Å². The Kier molecular flexibility index (Phi) is 10.6. The van der Waals surface area contributed by atoms with E-state index in [4.69, 9.17) is 16.3 Å². The molecule has 1 aliphatic rings. The molecule has 3 aromatic rings. The largest absolute Gasteiger partial charge is 0.497 e. The van der Waals surface area contributed by atoms with E-state index in [9.17, 15) is 5.11 Å². The molecule has 0 bridgehead atoms. The van der Waals surface area contributed by atoms with Gasteiger partial charge in [-0.15, -0.1) is 12.4 Å². The molecule has 0 aliphatic carbocycles. The van der Waals surface area contributed by atoms with Gasteiger partial charge in [0.2, 0.25) is 0 Å². The minimum Gasteiger partial charge on any atom is -0.497 e. The molecule has 0 aromatic heterocycles. The van der Waals surface area contributed by atoms with Crippen LogP contribution in [0.1, 0.15) is 28.8 Å². The van der Waals surface area contributed by atoms with Crippen molar-refractivity contribution in [2.75, 3.05) is 33.3 Å². The van der Waals surface area contributed by atoms with Gasteiger partial charge >= 0.3 is 0 Å². The van der Waals surface area contributed by atoms with Crippen LogP contribution < -0.4 is 4.74 Å². The first-order valence-corrected chi connectivity index (χ1v) is 11.1. The van der Waals surface area contributed by atoms with E-state index in [1.54, 1.807) is 7.11 Å². The maximum Gasteiger partial charge on any atom is 0.118 e. The van der Waals surface area contributed by atoms with Gasteiger partial charge in [-0.2, -0.15) is 0 Å². The second kappa shape index (κ2) is 12.9. The summed E-state index contributed by atoms with van der Waals surface area (Å²) >= 11 is 6.20. The van der Waals surface area contributed by atoms with Crippen molar-refractivity contribution in [2.24, 2.45) is 0 Å². The summed E-state index contributed by atoms with van der Waals surface area (Å²) in [5, 5.41) is 12.0. The van der Waals surface area contributed by atoms with Crippen molar-refractivity contribution in [2.45, 2.75) is 18.7 Å². The van der Waals surface area contributed by atoms with E-state index < -0.39 is 6.10 Å². The second-order valence-corrected chi connectivity index (χ2v) is 8.45. The Hall–Kier alpha value is -2.12. The lowest BCUT2D eigenvalue weighted by atomic mass is 9.93. The van der Waals surface area contributed by atoms with Crippen molar-refractivity contribution in [3.8, 4) is 5.75 Å². The molecule has 1 saturated heterocycles. The number of halogens is 2. The molecule has 0 saturated carbocycles. The molecule has 0 radical (unpaired) electrons. The highest BCUT2D eigenvalue weighted by molar-refractivity contribution is 6.30. The molecule has 1 fully saturated rings. The van der Waals surface area contributed by atoms with E-state index in [0.717, 1.165) is 49.6 Å². The summed E-state index contributed by atoms with van der Waals surface area (Å²) in [6.07, 6.45) is -0.644. The number of ether oxygens (including phenoxy) is 1. The number of hydrogen-bond donors (Lipinski definition) is 1. The summed E-state index contributed by atoms with van der Waals surface area (Å²) in [5.41, 5.74) is 3.26. The number of methoxy groups -OCH3 is 1. The number of aliphatic hydroxyl groups excluding tert-OH is 1. The van der Waals surface area contributed by atoms with Crippen LogP contribution in [0.3, 0.4) is 0 Å². The Morgan fingerprint density at radius 2 is 1.52 bits per heavy atom. The van der Waals surface area contributed by atoms with Crippen molar-refractivity contribution in [1.82, 2.24) is 9.80 Å². The fourth-order valence-electron chi connectivity index (χ4n) is 4.30. The van der Waals surface area contributed by atoms with Gasteiger partial charge in [0.25, 0.3) is 0 Å². The molecule has 3 aromatic carbocycles. The molecule has 1 aliphatic heterocycles. The zero-order chi connectivity index (χ0) is 21.6. The highest BCUT2D eigenvalue weighted by Crippen LogP contribution is 2.35. The fraction of sp³-hybridized carbons (Fsp3) is 0.308. The van der Waals surface area contributed by atoms with Crippen LogP contribution in [-0.4, -0.2) is 53.7 Å². The highest BCUT2D eigenvalue weighted by Gasteiger charge is 2.31. The van der Waals surface area contributed by atoms with Gasteiger partial charge in [-0.05, 0) is 41.0 Å². The van der Waals surface area contributed by atoms with Gasteiger partial charge in [0.1, 0.15) is 5.75 Å². The molecule has 3 N–H and O–H groups in total. The third kappa shape index (κ3) is 6.93. The highest BCUT2D eigenvalue weighted by atomic mass is 35.5. The summed E-state index contributed by atoms with van der Waals surface area (Å²) in [7, 11) is 1.69. The Labute approximate surface area is 207 Å². The zero-order valence-corrected chi connectivity index (χ0v) is 20.3. The van der Waals surface area contributed by atoms with Crippen molar-refractivity contribution in [3.63, 3.8) is 0 Å². The Morgan fingerprint density at radius 3 is 2.12 bits per heavy atom. The summed E-state index contributed by atoms with van der Waals surface area (Å²) in [6.45, 7) is 4.63. The Bertz CT molecular complexity index is 965. The summed E-state index contributed by atoms with van der Waals surface area (Å²) < 4.78 is 5.26. The monoisotopic (exact) mass is 490 g/mol. The SMILES string of the molecule is COc1ccc(CN2CCN(C(c3ccccc3)C(O)c3cccc(Cl)c3)CC2)cc1.Cl.O. The molecule has 0 spiro atoms. The summed E-state index contributed by atoms with van der Waals surface area (Å²) in [5.74, 6) is 0.884. The van der Waals surface area contributed by atoms with Crippen LogP contribution in [0.15, 0.2) is 78.9 Å². The Balaban J connectivity index is 0.00000193. The van der Waals surface area contributed by atoms with Crippen molar-refractivity contribution in [3.05, 3.63) is 101 Å². The molecule has 7 heteroatoms. The second-order valence-electron chi connectivity index (χ2n) is 8.02. The molecule has 4 rings (SSSR count). The maximum absolute atomic E-state index is 11.3. The van der Waals surface area contributed by atoms with Gasteiger partial charge in [0.15, 0.2) is 0 Å². The van der Waals surface area contributed by atoms with E-state index in [1.165, 1.54) is 5.56 Å². The van der Waals surface area contributed by atoms with E-state index in [2.05, 4.69) is 34.1 Å². The molecule has 1 heterocycles. The van der Waals surface area contributed by atoms with Gasteiger partial charge in [-0.1, -0.05) is 66.2 Å². The van der Waals surface area contributed by atoms with E-state index in [1.807, 2.05) is 54.6 Å². The van der Waals surface area contributed by atoms with Crippen LogP contribution in [-0.2, 0) is 6.54 Å². The first-order valence-electron chi connectivity index (χ1n) is 10.7. The topological polar surface area (TPSA) is 67.4 Å². The molecular formula is C26H32Cl2N2O3. The summed E-state index contributed by atoms with van der Waals surface area (Å²) in [6, 6.07) is 26.0. The smallest absolute Gasteiger partial charge is 0.118 e. The molecule has 178 valence electrons. The first kappa shape index (κ1) is 27.1. The third-order valence-corrected chi connectivity index (χ3v) is 6.23. The van der Waals surface area contributed by atoms with Gasteiger partial charge in [0, 0.05) is 37.7 Å². The van der Waals surface area contributed by atoms with Crippen LogP contribution in [0.4, 0.5) is 0 Å². The fourth-order valence-corrected chi connectivity index (χ4v) is 4.50. The third-order valence-electron chi connectivity index (χ3n) is 6.00. The lowest BCUT2D eigenvalue weighted by Crippen LogP contribution is -2.48. The quantitative estimate of drug-likeness (QED) is 0.527. The van der Waals surface area contributed by atoms with Crippen LogP contribution in [0.25, 0.3) is 0 Å². The summed E-state index contributed by atoms with van der Waals surface area (Å²) in [4.78, 5) is 4.86. The van der Waals surface area contributed by atoms with Crippen LogP contribution in [0.2, 0.25) is 5.02 Å². The minimum absolute atomic E-state index is 0. The van der Waals surface area contributed by atoms with Gasteiger partial charge in [0.05, 0.1) is 19.3 Å². The predicted octanol–water partition coefficient (Wildman–Crippen LogP) is 4.54. The van der Waals surface area contributed by atoms with Crippen molar-refractivity contribution >= 4 is 24.0 Å². The zero-order valence-electron chi connectivity index (χ0n) is 18.7. The molecule has 5 nitrogen and oxygen atoms in total. The normalized spacial score (nSPS) is 16.2. The molecule has 0 amide bonds. The number of benzene rings is 3. The van der Waals surface area contributed by atoms with E-state index >= 15 is 0 Å². The van der Waals surface area contributed by atoms with Crippen LogP contribution in [0, 0.1) is 0 Å². The van der Waals surface area contributed by atoms with Crippen LogP contribution in [0.5, 0.6) is 5.75 Å². The lowest BCUT2D eigenvalue weighted by molar-refractivity contribution is 0.0149. The number of nitrogens with zero attached hydrogens (tertiary/aromatic N) is 2. The van der Waals surface area contributed by atoms with E-state index in [-0.39, 0.29) is 23.9 Å². The predicted molar refractivity (Wildman–Crippen MR) is 136 cm³/mol. The van der Waals surface area contributed by atoms with Crippen molar-refractivity contribution < 1.29 is 15.3 Å². The minimum atomic E-state index is -0.644. The van der Waals surface area contributed by atoms with Crippen LogP contribution >= 0.6 is 24.0 Å². The molecule has 2 unspecified atom stereocenters. The maximum atomic E-state index is 11.3. The van der Waals surface area contributed by atoms with Gasteiger partial charge in [-0.25, -0.2) is 0 Å². The molecule has 33 heavy (non-hydrogen) atoms. The van der Waals surface area contributed by atoms with Gasteiger partial charge in [-0.3, -0.25) is 9.80 Å². The molecular weight excluding hydrogens is 459 g/mol. The van der Waals surface area contributed by atoms with E-state index in [0.29, 0.717) is 5.02 Å². The number of piperazine rings is 1. The number of hydrogen-bond acceptors (Lipinski definition) is 4. The average Bonchev–Trinajstić information content (AvgIpc) is 2.81. The molecule has 2 atom stereocenters. The van der Waals surface area contributed by atoms with Gasteiger partial charge < -0.3 is 15.3 Å². The average molecular weight is 491 g/mol.